The van der Waals surface area contributed by atoms with Crippen LogP contribution in [0.25, 0.3) is 0 Å². The molecule has 0 aliphatic heterocycles. The Balaban J connectivity index is 2.74. The van der Waals surface area contributed by atoms with Crippen LogP contribution in [0, 0.1) is 6.92 Å². The normalized spacial score (nSPS) is 11.0. The Bertz CT molecular complexity index is 478. The van der Waals surface area contributed by atoms with Gasteiger partial charge in [0.1, 0.15) is 5.60 Å². The highest BCUT2D eigenvalue weighted by Gasteiger charge is 2.22. The van der Waals surface area contributed by atoms with Gasteiger partial charge in [0, 0.05) is 0 Å². The molecule has 0 spiro atoms. The number of halogens is 1. The predicted molar refractivity (Wildman–Crippen MR) is 67.2 cm³/mol. The molecule has 1 aromatic rings. The second kappa shape index (κ2) is 5.92. The number of aryl methyl sites for hydroxylation is 1. The Hall–Kier alpha value is -1.76. The van der Waals surface area contributed by atoms with E-state index in [2.05, 4.69) is 15.0 Å². The fraction of sp³-hybridized carbons (Fsp3) is 0.545. The summed E-state index contributed by atoms with van der Waals surface area (Å²) in [5, 5.41) is 2.28. The van der Waals surface area contributed by atoms with Crippen LogP contribution in [0.5, 0.6) is 0 Å². The largest absolute Gasteiger partial charge is 0.443 e. The fourth-order valence-electron chi connectivity index (χ4n) is 1.15. The van der Waals surface area contributed by atoms with Crippen LogP contribution < -0.4 is 5.32 Å². The molecular weight excluding hydrogens is 276 g/mol. The SMILES string of the molecule is Cc1nc(NC(=O)OC(C)(C)C)oc1C(=O)OCCl. The van der Waals surface area contributed by atoms with Gasteiger partial charge in [-0.25, -0.2) is 14.9 Å². The number of esters is 1. The number of amides is 1. The number of anilines is 1. The van der Waals surface area contributed by atoms with Crippen molar-refractivity contribution in [1.82, 2.24) is 4.98 Å². The van der Waals surface area contributed by atoms with E-state index in [0.717, 1.165) is 0 Å². The number of rotatable bonds is 3. The first-order valence-corrected chi connectivity index (χ1v) is 5.97. The molecule has 0 aromatic carbocycles. The van der Waals surface area contributed by atoms with Gasteiger partial charge in [-0.3, -0.25) is 0 Å². The van der Waals surface area contributed by atoms with E-state index >= 15 is 0 Å². The molecule has 1 aromatic heterocycles. The monoisotopic (exact) mass is 290 g/mol. The molecular formula is C11H15ClN2O5. The molecule has 0 fully saturated rings. The van der Waals surface area contributed by atoms with Gasteiger partial charge in [0.2, 0.25) is 5.76 Å². The maximum Gasteiger partial charge on any atom is 0.415 e. The second-order valence-corrected chi connectivity index (χ2v) is 4.82. The highest BCUT2D eigenvalue weighted by molar-refractivity contribution is 6.17. The summed E-state index contributed by atoms with van der Waals surface area (Å²) in [4.78, 5) is 26.7. The first kappa shape index (κ1) is 15.3. The molecule has 1 amide bonds. The fourth-order valence-corrected chi connectivity index (χ4v) is 1.24. The Morgan fingerprint density at radius 1 is 1.42 bits per heavy atom. The molecule has 1 heterocycles. The number of nitrogens with zero attached hydrogens (tertiary/aromatic N) is 1. The molecule has 106 valence electrons. The third kappa shape index (κ3) is 4.78. The molecule has 8 heteroatoms. The number of alkyl halides is 1. The summed E-state index contributed by atoms with van der Waals surface area (Å²) in [7, 11) is 0. The average Bonchev–Trinajstić information content (AvgIpc) is 2.56. The van der Waals surface area contributed by atoms with Gasteiger partial charge in [-0.2, -0.15) is 4.98 Å². The zero-order valence-corrected chi connectivity index (χ0v) is 11.8. The molecule has 0 aliphatic rings. The van der Waals surface area contributed by atoms with Crippen molar-refractivity contribution in [2.45, 2.75) is 33.3 Å². The molecule has 0 radical (unpaired) electrons. The molecule has 19 heavy (non-hydrogen) atoms. The van der Waals surface area contributed by atoms with Crippen LogP contribution in [-0.2, 0) is 9.47 Å². The van der Waals surface area contributed by atoms with Gasteiger partial charge in [0.05, 0.1) is 5.69 Å². The van der Waals surface area contributed by atoms with Gasteiger partial charge >= 0.3 is 18.1 Å². The summed E-state index contributed by atoms with van der Waals surface area (Å²) in [5.41, 5.74) is -0.368. The highest BCUT2D eigenvalue weighted by Crippen LogP contribution is 2.17. The van der Waals surface area contributed by atoms with Gasteiger partial charge in [-0.05, 0) is 27.7 Å². The van der Waals surface area contributed by atoms with Crippen molar-refractivity contribution in [2.75, 3.05) is 11.4 Å². The maximum atomic E-state index is 11.5. The lowest BCUT2D eigenvalue weighted by molar-refractivity contribution is 0.0533. The van der Waals surface area contributed by atoms with Crippen molar-refractivity contribution in [3.63, 3.8) is 0 Å². The molecule has 0 bridgehead atoms. The standard InChI is InChI=1S/C11H15ClN2O5/c1-6-7(8(15)17-5-12)18-9(13-6)14-10(16)19-11(2,3)4/h5H2,1-4H3,(H,13,14,16). The third-order valence-corrected chi connectivity index (χ3v) is 1.88. The lowest BCUT2D eigenvalue weighted by Crippen LogP contribution is -2.27. The van der Waals surface area contributed by atoms with E-state index in [1.807, 2.05) is 0 Å². The Kier molecular flexibility index (Phi) is 4.77. The molecule has 1 rings (SSSR count). The van der Waals surface area contributed by atoms with Crippen LogP contribution in [0.2, 0.25) is 0 Å². The topological polar surface area (TPSA) is 90.7 Å². The molecule has 0 atom stereocenters. The number of nitrogens with one attached hydrogen (secondary N) is 1. The second-order valence-electron chi connectivity index (χ2n) is 4.60. The minimum absolute atomic E-state index is 0.119. The lowest BCUT2D eigenvalue weighted by atomic mass is 10.2. The van der Waals surface area contributed by atoms with Crippen LogP contribution in [0.15, 0.2) is 4.42 Å². The van der Waals surface area contributed by atoms with Crippen LogP contribution in [0.1, 0.15) is 37.0 Å². The Morgan fingerprint density at radius 3 is 2.58 bits per heavy atom. The highest BCUT2D eigenvalue weighted by atomic mass is 35.5. The van der Waals surface area contributed by atoms with E-state index in [9.17, 15) is 9.59 Å². The summed E-state index contributed by atoms with van der Waals surface area (Å²) in [6.45, 7) is 6.69. The van der Waals surface area contributed by atoms with E-state index in [0.29, 0.717) is 0 Å². The van der Waals surface area contributed by atoms with Crippen LogP contribution >= 0.6 is 11.6 Å². The van der Waals surface area contributed by atoms with E-state index in [-0.39, 0.29) is 23.5 Å². The first-order chi connectivity index (χ1) is 8.73. The number of hydrogen-bond donors (Lipinski definition) is 1. The quantitative estimate of drug-likeness (QED) is 0.680. The van der Waals surface area contributed by atoms with Crippen molar-refractivity contribution in [2.24, 2.45) is 0 Å². The zero-order chi connectivity index (χ0) is 14.6. The Labute approximate surface area is 115 Å². The van der Waals surface area contributed by atoms with Crippen molar-refractivity contribution in [3.8, 4) is 0 Å². The van der Waals surface area contributed by atoms with Crippen LogP contribution in [0.3, 0.4) is 0 Å². The molecule has 0 aliphatic carbocycles. The van der Waals surface area contributed by atoms with E-state index < -0.39 is 17.7 Å². The Morgan fingerprint density at radius 2 is 2.05 bits per heavy atom. The van der Waals surface area contributed by atoms with E-state index in [4.69, 9.17) is 20.8 Å². The number of ether oxygens (including phenoxy) is 2. The van der Waals surface area contributed by atoms with Gasteiger partial charge in [0.25, 0.3) is 0 Å². The molecule has 0 saturated heterocycles. The summed E-state index contributed by atoms with van der Waals surface area (Å²) < 4.78 is 14.6. The number of aromatic nitrogens is 1. The van der Waals surface area contributed by atoms with E-state index in [1.54, 1.807) is 20.8 Å². The molecule has 0 unspecified atom stereocenters. The maximum absolute atomic E-state index is 11.5. The average molecular weight is 291 g/mol. The van der Waals surface area contributed by atoms with Gasteiger partial charge < -0.3 is 13.9 Å². The summed E-state index contributed by atoms with van der Waals surface area (Å²) in [6, 6.07) is -0.443. The lowest BCUT2D eigenvalue weighted by Gasteiger charge is -2.18. The van der Waals surface area contributed by atoms with Crippen molar-refractivity contribution >= 4 is 29.7 Å². The van der Waals surface area contributed by atoms with Crippen molar-refractivity contribution in [3.05, 3.63) is 11.5 Å². The summed E-state index contributed by atoms with van der Waals surface area (Å²) in [6.07, 6.45) is -0.731. The van der Waals surface area contributed by atoms with Crippen LogP contribution in [0.4, 0.5) is 10.8 Å². The van der Waals surface area contributed by atoms with Gasteiger partial charge in [-0.1, -0.05) is 11.6 Å². The van der Waals surface area contributed by atoms with Crippen molar-refractivity contribution < 1.29 is 23.5 Å². The van der Waals surface area contributed by atoms with E-state index in [1.165, 1.54) is 6.92 Å². The minimum atomic E-state index is -0.753. The molecule has 1 N–H and O–H groups in total. The number of carbonyl (C=O) groups excluding carboxylic acids is 2. The summed E-state index contributed by atoms with van der Waals surface area (Å²) in [5.74, 6) is -0.871. The van der Waals surface area contributed by atoms with Gasteiger partial charge in [0.15, 0.2) is 6.07 Å². The number of oxazole rings is 1. The van der Waals surface area contributed by atoms with Crippen molar-refractivity contribution in [1.29, 1.82) is 0 Å². The number of carbonyl (C=O) groups is 2. The minimum Gasteiger partial charge on any atom is -0.443 e. The van der Waals surface area contributed by atoms with Gasteiger partial charge in [-0.15, -0.1) is 0 Å². The zero-order valence-electron chi connectivity index (χ0n) is 11.1. The number of hydrogen-bond acceptors (Lipinski definition) is 6. The third-order valence-electron chi connectivity index (χ3n) is 1.78. The predicted octanol–water partition coefficient (Wildman–Crippen LogP) is 2.68. The molecule has 7 nitrogen and oxygen atoms in total. The molecule has 0 saturated carbocycles. The smallest absolute Gasteiger partial charge is 0.415 e. The van der Waals surface area contributed by atoms with Crippen LogP contribution in [-0.4, -0.2) is 28.7 Å². The first-order valence-electron chi connectivity index (χ1n) is 5.43. The summed E-state index contributed by atoms with van der Waals surface area (Å²) >= 11 is 5.27.